The summed E-state index contributed by atoms with van der Waals surface area (Å²) in [7, 11) is 0. The van der Waals surface area contributed by atoms with Gasteiger partial charge in [0.25, 0.3) is 0 Å². The van der Waals surface area contributed by atoms with Gasteiger partial charge in [-0.25, -0.2) is 19.3 Å². The average molecular weight is 251 g/mol. The smallest absolute Gasteiger partial charge is 0.348 e. The second kappa shape index (κ2) is 5.63. The van der Waals surface area contributed by atoms with Crippen LogP contribution in [-0.2, 0) is 0 Å². The van der Waals surface area contributed by atoms with Gasteiger partial charge >= 0.3 is 5.69 Å². The summed E-state index contributed by atoms with van der Waals surface area (Å²) in [5, 5.41) is 18.3. The highest BCUT2D eigenvalue weighted by Gasteiger charge is 2.07. The molecular weight excluding hydrogens is 234 g/mol. The summed E-state index contributed by atoms with van der Waals surface area (Å²) in [6.07, 6.45) is 3.21. The van der Waals surface area contributed by atoms with E-state index in [9.17, 15) is 4.79 Å². The van der Waals surface area contributed by atoms with Crippen molar-refractivity contribution in [2.24, 2.45) is 5.92 Å². The van der Waals surface area contributed by atoms with E-state index in [2.05, 4.69) is 27.4 Å². The van der Waals surface area contributed by atoms with E-state index in [1.165, 1.54) is 10.7 Å². The molecule has 1 atom stereocenters. The molecule has 0 amide bonds. The highest BCUT2D eigenvalue weighted by Crippen LogP contribution is 2.10. The molecule has 0 bridgehead atoms. The Balaban J connectivity index is 2.05. The van der Waals surface area contributed by atoms with Crippen molar-refractivity contribution in [1.29, 1.82) is 0 Å². The molecule has 98 valence electrons. The van der Waals surface area contributed by atoms with Crippen molar-refractivity contribution in [3.63, 3.8) is 0 Å². The van der Waals surface area contributed by atoms with Gasteiger partial charge in [-0.3, -0.25) is 0 Å². The minimum Gasteiger partial charge on any atom is -0.396 e. The highest BCUT2D eigenvalue weighted by molar-refractivity contribution is 5.48. The molecule has 0 aliphatic heterocycles. The zero-order valence-electron chi connectivity index (χ0n) is 10.3. The van der Waals surface area contributed by atoms with E-state index < -0.39 is 0 Å². The number of anilines is 1. The molecule has 18 heavy (non-hydrogen) atoms. The third-order valence-corrected chi connectivity index (χ3v) is 3.00. The van der Waals surface area contributed by atoms with Crippen LogP contribution in [0.4, 0.5) is 5.82 Å². The molecule has 7 heteroatoms. The molecule has 0 aliphatic rings. The normalized spacial score (nSPS) is 12.8. The van der Waals surface area contributed by atoms with Gasteiger partial charge in [0, 0.05) is 19.2 Å². The molecule has 1 unspecified atom stereocenters. The van der Waals surface area contributed by atoms with Gasteiger partial charge < -0.3 is 10.4 Å². The number of aromatic nitrogens is 4. The highest BCUT2D eigenvalue weighted by atomic mass is 16.3. The summed E-state index contributed by atoms with van der Waals surface area (Å²) in [6, 6.07) is 1.71. The maximum absolute atomic E-state index is 11.2. The number of aliphatic hydroxyl groups is 1. The molecule has 7 nitrogen and oxygen atoms in total. The van der Waals surface area contributed by atoms with Crippen LogP contribution < -0.4 is 11.0 Å². The first kappa shape index (κ1) is 12.6. The molecular formula is C11H17N5O2. The Labute approximate surface area is 104 Å². The Kier molecular flexibility index (Phi) is 3.93. The predicted octanol–water partition coefficient (Wildman–Crippen LogP) is 0.238. The van der Waals surface area contributed by atoms with Gasteiger partial charge in [-0.2, -0.15) is 5.10 Å². The summed E-state index contributed by atoms with van der Waals surface area (Å²) < 4.78 is 1.34. The quantitative estimate of drug-likeness (QED) is 0.683. The largest absolute Gasteiger partial charge is 0.396 e. The van der Waals surface area contributed by atoms with E-state index in [1.807, 2.05) is 0 Å². The van der Waals surface area contributed by atoms with E-state index >= 15 is 0 Å². The lowest BCUT2D eigenvalue weighted by Gasteiger charge is -2.14. The van der Waals surface area contributed by atoms with Crippen LogP contribution in [0.25, 0.3) is 5.65 Å². The van der Waals surface area contributed by atoms with Crippen molar-refractivity contribution in [3.8, 4) is 0 Å². The monoisotopic (exact) mass is 251 g/mol. The van der Waals surface area contributed by atoms with Crippen molar-refractivity contribution < 1.29 is 5.11 Å². The number of H-pyrrole nitrogens is 1. The van der Waals surface area contributed by atoms with Crippen molar-refractivity contribution >= 4 is 11.5 Å². The zero-order valence-corrected chi connectivity index (χ0v) is 10.3. The number of nitrogens with zero attached hydrogens (tertiary/aromatic N) is 3. The van der Waals surface area contributed by atoms with Gasteiger partial charge in [0.2, 0.25) is 0 Å². The number of hydrogen-bond donors (Lipinski definition) is 3. The summed E-state index contributed by atoms with van der Waals surface area (Å²) >= 11 is 0. The molecule has 0 saturated carbocycles. The van der Waals surface area contributed by atoms with Crippen molar-refractivity contribution in [1.82, 2.24) is 19.6 Å². The lowest BCUT2D eigenvalue weighted by molar-refractivity contribution is 0.258. The van der Waals surface area contributed by atoms with Crippen LogP contribution in [0.1, 0.15) is 19.8 Å². The molecule has 2 rings (SSSR count). The summed E-state index contributed by atoms with van der Waals surface area (Å²) in [5.41, 5.74) is 0.239. The molecule has 3 N–H and O–H groups in total. The Morgan fingerprint density at radius 1 is 1.61 bits per heavy atom. The van der Waals surface area contributed by atoms with E-state index in [-0.39, 0.29) is 12.3 Å². The lowest BCUT2D eigenvalue weighted by atomic mass is 10.0. The molecule has 0 aliphatic carbocycles. The predicted molar refractivity (Wildman–Crippen MR) is 67.6 cm³/mol. The molecule has 2 aromatic heterocycles. The van der Waals surface area contributed by atoms with E-state index in [1.54, 1.807) is 6.07 Å². The van der Waals surface area contributed by atoms with Gasteiger partial charge in [0.15, 0.2) is 5.65 Å². The second-order valence-corrected chi connectivity index (χ2v) is 4.20. The lowest BCUT2D eigenvalue weighted by Crippen LogP contribution is -2.16. The van der Waals surface area contributed by atoms with Crippen molar-refractivity contribution in [3.05, 3.63) is 22.9 Å². The first-order valence-electron chi connectivity index (χ1n) is 6.02. The van der Waals surface area contributed by atoms with Crippen molar-refractivity contribution in [2.75, 3.05) is 18.5 Å². The van der Waals surface area contributed by atoms with Crippen LogP contribution in [-0.4, -0.2) is 37.8 Å². The fraction of sp³-hybridized carbons (Fsp3) is 0.545. The van der Waals surface area contributed by atoms with Crippen molar-refractivity contribution in [2.45, 2.75) is 19.8 Å². The van der Waals surface area contributed by atoms with E-state index in [4.69, 9.17) is 5.11 Å². The molecule has 0 saturated heterocycles. The molecule has 2 heterocycles. The maximum atomic E-state index is 11.2. The molecule has 2 aromatic rings. The van der Waals surface area contributed by atoms with Crippen LogP contribution in [0.3, 0.4) is 0 Å². The topological polar surface area (TPSA) is 95.3 Å². The first-order chi connectivity index (χ1) is 8.74. The minimum atomic E-state index is -0.296. The summed E-state index contributed by atoms with van der Waals surface area (Å²) in [5.74, 6) is 1.09. The van der Waals surface area contributed by atoms with Gasteiger partial charge in [0.05, 0.1) is 0 Å². The fourth-order valence-corrected chi connectivity index (χ4v) is 1.79. The Morgan fingerprint density at radius 2 is 2.44 bits per heavy atom. The number of aromatic amines is 1. The number of fused-ring (bicyclic) bond motifs is 1. The van der Waals surface area contributed by atoms with E-state index in [0.29, 0.717) is 17.4 Å². The third kappa shape index (κ3) is 2.67. The Morgan fingerprint density at radius 3 is 3.17 bits per heavy atom. The van der Waals surface area contributed by atoms with Gasteiger partial charge in [0.1, 0.15) is 12.1 Å². The molecule has 0 fully saturated rings. The number of rotatable bonds is 6. The van der Waals surface area contributed by atoms with Crippen LogP contribution in [0, 0.1) is 5.92 Å². The van der Waals surface area contributed by atoms with Crippen LogP contribution >= 0.6 is 0 Å². The second-order valence-electron chi connectivity index (χ2n) is 4.20. The molecule has 0 spiro atoms. The number of aliphatic hydroxyl groups excluding tert-OH is 1. The Hall–Kier alpha value is -1.89. The van der Waals surface area contributed by atoms with Crippen LogP contribution in [0.5, 0.6) is 0 Å². The molecule has 0 aromatic carbocycles. The SMILES string of the molecule is CCC(CCO)CNc1cc2n[nH]c(=O)n2cn1. The number of hydrogen-bond acceptors (Lipinski definition) is 5. The van der Waals surface area contributed by atoms with Gasteiger partial charge in [-0.15, -0.1) is 0 Å². The third-order valence-electron chi connectivity index (χ3n) is 3.00. The van der Waals surface area contributed by atoms with E-state index in [0.717, 1.165) is 19.4 Å². The van der Waals surface area contributed by atoms with Crippen LogP contribution in [0.15, 0.2) is 17.2 Å². The molecule has 0 radical (unpaired) electrons. The summed E-state index contributed by atoms with van der Waals surface area (Å²) in [6.45, 7) is 3.03. The maximum Gasteiger partial charge on any atom is 0.348 e. The summed E-state index contributed by atoms with van der Waals surface area (Å²) in [4.78, 5) is 15.4. The van der Waals surface area contributed by atoms with Gasteiger partial charge in [-0.1, -0.05) is 13.3 Å². The van der Waals surface area contributed by atoms with Crippen LogP contribution in [0.2, 0.25) is 0 Å². The first-order valence-corrected chi connectivity index (χ1v) is 6.02. The average Bonchev–Trinajstić information content (AvgIpc) is 2.76. The van der Waals surface area contributed by atoms with Gasteiger partial charge in [-0.05, 0) is 12.3 Å². The zero-order chi connectivity index (χ0) is 13.0. The number of nitrogens with one attached hydrogen (secondary N) is 2. The Bertz CT molecular complexity index is 562. The fourth-order valence-electron chi connectivity index (χ4n) is 1.79. The standard InChI is InChI=1S/C11H17N5O2/c1-2-8(3-4-17)6-12-9-5-10-14-15-11(18)16(10)7-13-9/h5,7-8,12,17H,2-4,6H2,1H3,(H,15,18). The minimum absolute atomic E-state index is 0.196.